The lowest BCUT2D eigenvalue weighted by atomic mass is 9.80. The fourth-order valence-electron chi connectivity index (χ4n) is 4.83. The van der Waals surface area contributed by atoms with Crippen LogP contribution in [0.2, 0.25) is 0 Å². The molecule has 3 heteroatoms. The van der Waals surface area contributed by atoms with Crippen LogP contribution in [0.25, 0.3) is 0 Å². The van der Waals surface area contributed by atoms with Crippen molar-refractivity contribution in [1.82, 2.24) is 0 Å². The van der Waals surface area contributed by atoms with Crippen LogP contribution in [0.1, 0.15) is 29.5 Å². The van der Waals surface area contributed by atoms with Crippen LogP contribution in [0, 0.1) is 0 Å². The van der Waals surface area contributed by atoms with Gasteiger partial charge in [-0.2, -0.15) is 0 Å². The molecule has 1 unspecified atom stereocenters. The lowest BCUT2D eigenvalue weighted by Crippen LogP contribution is -2.41. The van der Waals surface area contributed by atoms with E-state index >= 15 is 0 Å². The summed E-state index contributed by atoms with van der Waals surface area (Å²) in [5.74, 6) is 0.152. The SMILES string of the molecule is O=C1CCC(COC(c2ccccc2)(c2ccccc2)c2ccccc2)N1c1ccccc1. The third-order valence-electron chi connectivity index (χ3n) is 6.39. The van der Waals surface area contributed by atoms with Crippen LogP contribution >= 0.6 is 0 Å². The van der Waals surface area contributed by atoms with Crippen molar-refractivity contribution in [2.45, 2.75) is 24.5 Å². The standard InChI is InChI=1S/C30H27NO2/c32-29-22-21-28(31(29)27-19-11-4-12-20-27)23-33-30(24-13-5-1-6-14-24,25-15-7-2-8-16-25)26-17-9-3-10-18-26/h1-20,28H,21-23H2. The Kier molecular flexibility index (Phi) is 6.05. The highest BCUT2D eigenvalue weighted by atomic mass is 16.5. The number of anilines is 1. The Labute approximate surface area is 195 Å². The fourth-order valence-corrected chi connectivity index (χ4v) is 4.83. The Bertz CT molecular complexity index is 1080. The molecule has 1 aliphatic rings. The van der Waals surface area contributed by atoms with E-state index in [2.05, 4.69) is 72.8 Å². The lowest BCUT2D eigenvalue weighted by molar-refractivity contribution is -0.117. The Morgan fingerprint density at radius 2 is 1.09 bits per heavy atom. The van der Waals surface area contributed by atoms with Gasteiger partial charge in [-0.25, -0.2) is 0 Å². The van der Waals surface area contributed by atoms with Gasteiger partial charge in [0.25, 0.3) is 0 Å². The van der Waals surface area contributed by atoms with Crippen molar-refractivity contribution in [2.24, 2.45) is 0 Å². The molecular formula is C30H27NO2. The molecule has 4 aromatic rings. The van der Waals surface area contributed by atoms with Crippen LogP contribution in [0.15, 0.2) is 121 Å². The van der Waals surface area contributed by atoms with Gasteiger partial charge in [0.15, 0.2) is 0 Å². The average Bonchev–Trinajstić information content (AvgIpc) is 3.27. The highest BCUT2D eigenvalue weighted by Crippen LogP contribution is 2.41. The first-order chi connectivity index (χ1) is 16.3. The Balaban J connectivity index is 1.58. The minimum Gasteiger partial charge on any atom is -0.359 e. The highest BCUT2D eigenvalue weighted by molar-refractivity contribution is 5.96. The van der Waals surface area contributed by atoms with E-state index in [9.17, 15) is 4.79 Å². The summed E-state index contributed by atoms with van der Waals surface area (Å²) >= 11 is 0. The van der Waals surface area contributed by atoms with E-state index in [-0.39, 0.29) is 11.9 Å². The second kappa shape index (κ2) is 9.43. The van der Waals surface area contributed by atoms with Gasteiger partial charge in [-0.05, 0) is 35.2 Å². The minimum atomic E-state index is -0.780. The van der Waals surface area contributed by atoms with Gasteiger partial charge in [-0.3, -0.25) is 4.79 Å². The molecular weight excluding hydrogens is 406 g/mol. The van der Waals surface area contributed by atoms with Crippen LogP contribution in [0.3, 0.4) is 0 Å². The van der Waals surface area contributed by atoms with E-state index in [1.165, 1.54) is 0 Å². The molecule has 5 rings (SSSR count). The maximum atomic E-state index is 12.8. The Hall–Kier alpha value is -3.69. The zero-order chi connectivity index (χ0) is 22.5. The maximum Gasteiger partial charge on any atom is 0.227 e. The van der Waals surface area contributed by atoms with Gasteiger partial charge >= 0.3 is 0 Å². The van der Waals surface area contributed by atoms with Crippen molar-refractivity contribution in [3.05, 3.63) is 138 Å². The molecule has 4 aromatic carbocycles. The lowest BCUT2D eigenvalue weighted by Gasteiger charge is -2.38. The predicted molar refractivity (Wildman–Crippen MR) is 132 cm³/mol. The number of amides is 1. The molecule has 1 saturated heterocycles. The smallest absolute Gasteiger partial charge is 0.227 e. The van der Waals surface area contributed by atoms with Crippen molar-refractivity contribution in [2.75, 3.05) is 11.5 Å². The van der Waals surface area contributed by atoms with Gasteiger partial charge in [0.05, 0.1) is 12.6 Å². The number of ether oxygens (including phenoxy) is 1. The predicted octanol–water partition coefficient (Wildman–Crippen LogP) is 6.19. The monoisotopic (exact) mass is 433 g/mol. The molecule has 0 aliphatic carbocycles. The Morgan fingerprint density at radius 1 is 0.667 bits per heavy atom. The van der Waals surface area contributed by atoms with Crippen molar-refractivity contribution >= 4 is 11.6 Å². The van der Waals surface area contributed by atoms with E-state index < -0.39 is 5.60 Å². The molecule has 0 N–H and O–H groups in total. The van der Waals surface area contributed by atoms with Crippen molar-refractivity contribution < 1.29 is 9.53 Å². The minimum absolute atomic E-state index is 0.0181. The summed E-state index contributed by atoms with van der Waals surface area (Å²) in [4.78, 5) is 14.7. The largest absolute Gasteiger partial charge is 0.359 e. The molecule has 33 heavy (non-hydrogen) atoms. The first kappa shape index (κ1) is 21.2. The summed E-state index contributed by atoms with van der Waals surface area (Å²) in [6, 6.07) is 41.0. The van der Waals surface area contributed by atoms with Crippen molar-refractivity contribution in [3.63, 3.8) is 0 Å². The molecule has 1 heterocycles. The Morgan fingerprint density at radius 3 is 1.55 bits per heavy atom. The first-order valence-electron chi connectivity index (χ1n) is 11.5. The number of nitrogens with zero attached hydrogens (tertiary/aromatic N) is 1. The van der Waals surface area contributed by atoms with Gasteiger partial charge < -0.3 is 9.64 Å². The fraction of sp³-hybridized carbons (Fsp3) is 0.167. The normalized spacial score (nSPS) is 16.2. The van der Waals surface area contributed by atoms with Crippen molar-refractivity contribution in [1.29, 1.82) is 0 Å². The molecule has 0 saturated carbocycles. The summed E-state index contributed by atoms with van der Waals surface area (Å²) in [7, 11) is 0. The van der Waals surface area contributed by atoms with Crippen LogP contribution in [-0.4, -0.2) is 18.6 Å². The number of carbonyl (C=O) groups excluding carboxylic acids is 1. The zero-order valence-electron chi connectivity index (χ0n) is 18.5. The number of rotatable bonds is 7. The van der Waals surface area contributed by atoms with Gasteiger partial charge in [-0.15, -0.1) is 0 Å². The number of hydrogen-bond donors (Lipinski definition) is 0. The summed E-state index contributed by atoms with van der Waals surface area (Å²) in [5, 5.41) is 0. The van der Waals surface area contributed by atoms with Crippen LogP contribution in [0.5, 0.6) is 0 Å². The summed E-state index contributed by atoms with van der Waals surface area (Å²) < 4.78 is 6.98. The van der Waals surface area contributed by atoms with E-state index in [0.717, 1.165) is 28.8 Å². The second-order valence-electron chi connectivity index (χ2n) is 8.38. The number of hydrogen-bond acceptors (Lipinski definition) is 2. The van der Waals surface area contributed by atoms with Crippen molar-refractivity contribution in [3.8, 4) is 0 Å². The number of benzene rings is 4. The molecule has 0 aromatic heterocycles. The zero-order valence-corrected chi connectivity index (χ0v) is 18.5. The van der Waals surface area contributed by atoms with Crippen LogP contribution in [0.4, 0.5) is 5.69 Å². The topological polar surface area (TPSA) is 29.5 Å². The first-order valence-corrected chi connectivity index (χ1v) is 11.5. The molecule has 0 spiro atoms. The molecule has 1 amide bonds. The quantitative estimate of drug-likeness (QED) is 0.325. The third kappa shape index (κ3) is 4.08. The van der Waals surface area contributed by atoms with Crippen LogP contribution in [-0.2, 0) is 15.1 Å². The third-order valence-corrected chi connectivity index (χ3v) is 6.39. The average molecular weight is 434 g/mol. The van der Waals surface area contributed by atoms with Gasteiger partial charge in [0.2, 0.25) is 5.91 Å². The highest BCUT2D eigenvalue weighted by Gasteiger charge is 2.40. The van der Waals surface area contributed by atoms with E-state index in [1.807, 2.05) is 53.4 Å². The summed E-state index contributed by atoms with van der Waals surface area (Å²) in [6.45, 7) is 0.430. The van der Waals surface area contributed by atoms with E-state index in [0.29, 0.717) is 13.0 Å². The number of carbonyl (C=O) groups is 1. The summed E-state index contributed by atoms with van der Waals surface area (Å²) in [5.41, 5.74) is 3.35. The molecule has 0 bridgehead atoms. The van der Waals surface area contributed by atoms with Gasteiger partial charge in [0, 0.05) is 12.1 Å². The van der Waals surface area contributed by atoms with Gasteiger partial charge in [-0.1, -0.05) is 109 Å². The number of para-hydroxylation sites is 1. The van der Waals surface area contributed by atoms with Gasteiger partial charge in [0.1, 0.15) is 5.60 Å². The molecule has 0 radical (unpaired) electrons. The molecule has 164 valence electrons. The van der Waals surface area contributed by atoms with Crippen LogP contribution < -0.4 is 4.90 Å². The summed E-state index contributed by atoms with van der Waals surface area (Å²) in [6.07, 6.45) is 1.32. The van der Waals surface area contributed by atoms with E-state index in [4.69, 9.17) is 4.74 Å². The maximum absolute atomic E-state index is 12.8. The molecule has 3 nitrogen and oxygen atoms in total. The van der Waals surface area contributed by atoms with E-state index in [1.54, 1.807) is 0 Å². The molecule has 1 atom stereocenters. The molecule has 1 fully saturated rings. The molecule has 1 aliphatic heterocycles. The second-order valence-corrected chi connectivity index (χ2v) is 8.38.